The number of allylic oxidation sites excluding steroid dienone is 7. The monoisotopic (exact) mass is 784 g/mol. The van der Waals surface area contributed by atoms with Crippen LogP contribution in [-0.2, 0) is 0 Å². The molecule has 3 aliphatic rings. The van der Waals surface area contributed by atoms with Crippen LogP contribution >= 0.6 is 0 Å². The zero-order valence-electron chi connectivity index (χ0n) is 34.0. The van der Waals surface area contributed by atoms with E-state index in [2.05, 4.69) is 205 Å². The van der Waals surface area contributed by atoms with Crippen LogP contribution in [0.2, 0.25) is 0 Å². The Kier molecular flexibility index (Phi) is 9.31. The van der Waals surface area contributed by atoms with Crippen LogP contribution in [0.15, 0.2) is 224 Å². The Hall–Kier alpha value is -7.56. The van der Waals surface area contributed by atoms with Gasteiger partial charge in [-0.2, -0.15) is 0 Å². The molecule has 2 heterocycles. The molecule has 8 aromatic rings. The van der Waals surface area contributed by atoms with Crippen molar-refractivity contribution in [3.63, 3.8) is 0 Å². The van der Waals surface area contributed by atoms with Crippen molar-refractivity contribution in [2.75, 3.05) is 10.2 Å². The topological polar surface area (TPSA) is 41.1 Å². The summed E-state index contributed by atoms with van der Waals surface area (Å²) in [6.07, 6.45) is 12.5. The molecule has 1 aromatic heterocycles. The van der Waals surface area contributed by atoms with E-state index in [9.17, 15) is 0 Å². The van der Waals surface area contributed by atoms with Crippen LogP contribution in [0.4, 0.5) is 17.1 Å². The van der Waals surface area contributed by atoms with Crippen LogP contribution < -0.4 is 10.2 Å². The Morgan fingerprint density at radius 1 is 0.590 bits per heavy atom. The highest BCUT2D eigenvalue weighted by Crippen LogP contribution is 2.52. The number of benzene rings is 7. The third kappa shape index (κ3) is 6.86. The zero-order chi connectivity index (χ0) is 40.7. The third-order valence-electron chi connectivity index (χ3n) is 12.5. The summed E-state index contributed by atoms with van der Waals surface area (Å²) >= 11 is 0. The van der Waals surface area contributed by atoms with Crippen LogP contribution in [-0.4, -0.2) is 9.97 Å². The maximum atomic E-state index is 5.11. The molecule has 3 unspecified atom stereocenters. The van der Waals surface area contributed by atoms with Crippen molar-refractivity contribution >= 4 is 33.4 Å². The van der Waals surface area contributed by atoms with Gasteiger partial charge in [0.05, 0.1) is 11.4 Å². The third-order valence-corrected chi connectivity index (χ3v) is 12.5. The van der Waals surface area contributed by atoms with Crippen molar-refractivity contribution in [3.05, 3.63) is 240 Å². The average molecular weight is 785 g/mol. The van der Waals surface area contributed by atoms with E-state index >= 15 is 0 Å². The van der Waals surface area contributed by atoms with Crippen LogP contribution in [0.1, 0.15) is 41.9 Å². The van der Waals surface area contributed by atoms with Crippen molar-refractivity contribution in [1.29, 1.82) is 0 Å². The van der Waals surface area contributed by atoms with Gasteiger partial charge < -0.3 is 10.2 Å². The molecule has 0 spiro atoms. The number of fused-ring (bicyclic) bond motifs is 4. The Bertz CT molecular complexity index is 2980. The summed E-state index contributed by atoms with van der Waals surface area (Å²) in [5.41, 5.74) is 16.3. The van der Waals surface area contributed by atoms with Crippen LogP contribution in [0.25, 0.3) is 50.2 Å². The van der Waals surface area contributed by atoms with Crippen molar-refractivity contribution in [2.45, 2.75) is 25.2 Å². The normalized spacial score (nSPS) is 17.9. The number of hydrogen-bond acceptors (Lipinski definition) is 4. The molecule has 0 saturated heterocycles. The molecule has 0 radical (unpaired) electrons. The van der Waals surface area contributed by atoms with E-state index in [0.717, 1.165) is 51.3 Å². The van der Waals surface area contributed by atoms with Crippen molar-refractivity contribution in [1.82, 2.24) is 9.97 Å². The molecular weight excluding hydrogens is 741 g/mol. The quantitative estimate of drug-likeness (QED) is 0.167. The predicted molar refractivity (Wildman–Crippen MR) is 253 cm³/mol. The maximum Gasteiger partial charge on any atom is 0.160 e. The van der Waals surface area contributed by atoms with Gasteiger partial charge in [-0.25, -0.2) is 9.97 Å². The molecule has 0 saturated carbocycles. The number of nitrogens with one attached hydrogen (secondary N) is 1. The highest BCUT2D eigenvalue weighted by Gasteiger charge is 2.36. The van der Waals surface area contributed by atoms with Crippen LogP contribution in [0, 0.1) is 5.92 Å². The summed E-state index contributed by atoms with van der Waals surface area (Å²) in [6.45, 7) is 2.39. The summed E-state index contributed by atoms with van der Waals surface area (Å²) in [4.78, 5) is 12.6. The number of para-hydroxylation sites is 1. The zero-order valence-corrected chi connectivity index (χ0v) is 34.0. The smallest absolute Gasteiger partial charge is 0.160 e. The fourth-order valence-corrected chi connectivity index (χ4v) is 9.54. The molecule has 11 rings (SSSR count). The summed E-state index contributed by atoms with van der Waals surface area (Å²) in [5, 5.41) is 6.21. The van der Waals surface area contributed by atoms with Gasteiger partial charge in [-0.05, 0) is 100.0 Å². The molecule has 4 heteroatoms. The second-order valence-electron chi connectivity index (χ2n) is 16.3. The van der Waals surface area contributed by atoms with E-state index in [-0.39, 0.29) is 11.8 Å². The molecule has 292 valence electrons. The highest BCUT2D eigenvalue weighted by molar-refractivity contribution is 5.91. The lowest BCUT2D eigenvalue weighted by atomic mass is 9.75. The first-order valence-electron chi connectivity index (χ1n) is 21.3. The molecule has 2 aliphatic carbocycles. The minimum atomic E-state index is 0.219. The number of aromatic nitrogens is 2. The van der Waals surface area contributed by atoms with Gasteiger partial charge in [0, 0.05) is 57.0 Å². The number of nitrogens with zero attached hydrogens (tertiary/aromatic N) is 3. The molecule has 4 nitrogen and oxygen atoms in total. The SMILES string of the molecule is CC1C(c2ccccc2)=C(Nc2ccc3ccc(-c4cc(-c5ccccc5)nc(-c5ccccc5)n4)cc3c2)C=CC1c1ccc2c(c1)C1CC=CC=C1N2c1ccccc1. The second-order valence-corrected chi connectivity index (χ2v) is 16.3. The van der Waals surface area contributed by atoms with E-state index in [0.29, 0.717) is 11.7 Å². The lowest BCUT2D eigenvalue weighted by Crippen LogP contribution is -2.18. The molecule has 0 fully saturated rings. The number of hydrogen-bond donors (Lipinski definition) is 1. The van der Waals surface area contributed by atoms with E-state index < -0.39 is 0 Å². The number of anilines is 3. The molecule has 0 bridgehead atoms. The average Bonchev–Trinajstić information content (AvgIpc) is 3.66. The van der Waals surface area contributed by atoms with E-state index in [4.69, 9.17) is 9.97 Å². The maximum absolute atomic E-state index is 5.11. The fraction of sp³-hybridized carbons (Fsp3) is 0.0877. The van der Waals surface area contributed by atoms with E-state index in [1.54, 1.807) is 0 Å². The lowest BCUT2D eigenvalue weighted by molar-refractivity contribution is 0.648. The van der Waals surface area contributed by atoms with E-state index in [1.165, 1.54) is 44.7 Å². The van der Waals surface area contributed by atoms with Crippen molar-refractivity contribution < 1.29 is 0 Å². The van der Waals surface area contributed by atoms with Gasteiger partial charge in [0.25, 0.3) is 0 Å². The molecule has 7 aromatic carbocycles. The first-order valence-corrected chi connectivity index (χ1v) is 21.3. The Morgan fingerprint density at radius 2 is 1.26 bits per heavy atom. The standard InChI is InChI=1S/C57H44N4/c1-38-48(43-29-33-55-50(36-43)49-24-14-15-25-54(49)61(55)47-22-12-5-13-23-47)31-32-51(56(38)41-18-8-3-9-19-41)58-46-30-28-39-26-27-44(34-45(39)35-46)53-37-52(40-16-6-2-7-17-40)59-57(60-53)42-20-10-4-11-21-42/h2-23,25-38,48-49,58H,24H2,1H3. The summed E-state index contributed by atoms with van der Waals surface area (Å²) in [6, 6.07) is 64.9. The Balaban J connectivity index is 0.936. The Labute approximate surface area is 357 Å². The molecule has 3 atom stereocenters. The highest BCUT2D eigenvalue weighted by atomic mass is 15.2. The first-order chi connectivity index (χ1) is 30.1. The molecule has 61 heavy (non-hydrogen) atoms. The van der Waals surface area contributed by atoms with Gasteiger partial charge in [-0.15, -0.1) is 0 Å². The van der Waals surface area contributed by atoms with Gasteiger partial charge in [0.1, 0.15) is 0 Å². The predicted octanol–water partition coefficient (Wildman–Crippen LogP) is 14.5. The van der Waals surface area contributed by atoms with Crippen LogP contribution in [0.5, 0.6) is 0 Å². The lowest BCUT2D eigenvalue weighted by Gasteiger charge is -2.31. The summed E-state index contributed by atoms with van der Waals surface area (Å²) < 4.78 is 0. The summed E-state index contributed by atoms with van der Waals surface area (Å²) in [7, 11) is 0. The van der Waals surface area contributed by atoms with Gasteiger partial charge in [-0.1, -0.05) is 165 Å². The largest absolute Gasteiger partial charge is 0.355 e. The van der Waals surface area contributed by atoms with E-state index in [1.807, 2.05) is 24.3 Å². The molecule has 0 amide bonds. The van der Waals surface area contributed by atoms with Gasteiger partial charge in [0.2, 0.25) is 0 Å². The van der Waals surface area contributed by atoms with Crippen molar-refractivity contribution in [2.24, 2.45) is 5.92 Å². The van der Waals surface area contributed by atoms with Gasteiger partial charge in [-0.3, -0.25) is 0 Å². The van der Waals surface area contributed by atoms with Gasteiger partial charge in [0.15, 0.2) is 5.82 Å². The Morgan fingerprint density at radius 3 is 2.02 bits per heavy atom. The molecular formula is C57H44N4. The molecule has 1 N–H and O–H groups in total. The van der Waals surface area contributed by atoms with Crippen LogP contribution in [0.3, 0.4) is 0 Å². The minimum absolute atomic E-state index is 0.219. The van der Waals surface area contributed by atoms with Gasteiger partial charge >= 0.3 is 0 Å². The number of rotatable bonds is 8. The molecule has 1 aliphatic heterocycles. The summed E-state index contributed by atoms with van der Waals surface area (Å²) in [5.74, 6) is 1.51. The minimum Gasteiger partial charge on any atom is -0.355 e. The fourth-order valence-electron chi connectivity index (χ4n) is 9.54. The van der Waals surface area contributed by atoms with Crippen molar-refractivity contribution in [3.8, 4) is 33.9 Å². The second kappa shape index (κ2) is 15.6. The first kappa shape index (κ1) is 36.5.